The van der Waals surface area contributed by atoms with E-state index in [-0.39, 0.29) is 5.91 Å². The highest BCUT2D eigenvalue weighted by atomic mass is 16.5. The summed E-state index contributed by atoms with van der Waals surface area (Å²) in [4.78, 5) is 16.4. The van der Waals surface area contributed by atoms with E-state index in [9.17, 15) is 4.79 Å². The quantitative estimate of drug-likeness (QED) is 0.799. The van der Waals surface area contributed by atoms with Gasteiger partial charge in [-0.2, -0.15) is 4.98 Å². The van der Waals surface area contributed by atoms with Crippen LogP contribution in [0.2, 0.25) is 0 Å². The monoisotopic (exact) mass is 315 g/mol. The van der Waals surface area contributed by atoms with Crippen molar-refractivity contribution in [2.24, 2.45) is 5.92 Å². The molecule has 2 aromatic rings. The molecular weight excluding hydrogens is 290 g/mol. The van der Waals surface area contributed by atoms with Crippen molar-refractivity contribution in [3.63, 3.8) is 0 Å². The smallest absolute Gasteiger partial charge is 0.257 e. The molecule has 0 radical (unpaired) electrons. The second-order valence-corrected chi connectivity index (χ2v) is 5.85. The highest BCUT2D eigenvalue weighted by Crippen LogP contribution is 2.18. The molecule has 0 spiro atoms. The lowest BCUT2D eigenvalue weighted by atomic mass is 9.99. The number of benzene rings is 1. The summed E-state index contributed by atoms with van der Waals surface area (Å²) >= 11 is 0. The Morgan fingerprint density at radius 1 is 1.26 bits per heavy atom. The third kappa shape index (κ3) is 4.91. The third-order valence-corrected chi connectivity index (χ3v) is 4.02. The average molecular weight is 315 g/mol. The van der Waals surface area contributed by atoms with Gasteiger partial charge in [-0.25, -0.2) is 0 Å². The van der Waals surface area contributed by atoms with Gasteiger partial charge in [0, 0.05) is 17.7 Å². The molecule has 1 N–H and O–H groups in total. The number of nitrogens with one attached hydrogen (secondary N) is 1. The number of nitrogens with zero attached hydrogens (tertiary/aromatic N) is 2. The Morgan fingerprint density at radius 2 is 2.00 bits per heavy atom. The van der Waals surface area contributed by atoms with Crippen molar-refractivity contribution >= 4 is 5.91 Å². The number of hydrogen-bond donors (Lipinski definition) is 1. The van der Waals surface area contributed by atoms with E-state index in [1.807, 2.05) is 12.1 Å². The maximum absolute atomic E-state index is 12.2. The van der Waals surface area contributed by atoms with E-state index in [1.54, 1.807) is 19.1 Å². The van der Waals surface area contributed by atoms with Crippen molar-refractivity contribution in [1.82, 2.24) is 15.5 Å². The van der Waals surface area contributed by atoms with Crippen LogP contribution >= 0.6 is 0 Å². The van der Waals surface area contributed by atoms with Gasteiger partial charge in [0.1, 0.15) is 0 Å². The number of rotatable bonds is 8. The molecule has 2 rings (SSSR count). The molecule has 1 heterocycles. The first kappa shape index (κ1) is 17.2. The van der Waals surface area contributed by atoms with Crippen molar-refractivity contribution in [1.29, 1.82) is 0 Å². The summed E-state index contributed by atoms with van der Waals surface area (Å²) < 4.78 is 5.12. The molecule has 23 heavy (non-hydrogen) atoms. The summed E-state index contributed by atoms with van der Waals surface area (Å²) in [6.45, 7) is 6.88. The van der Waals surface area contributed by atoms with Crippen molar-refractivity contribution < 1.29 is 9.32 Å². The molecule has 1 atom stereocenters. The fourth-order valence-electron chi connectivity index (χ4n) is 2.46. The second-order valence-electron chi connectivity index (χ2n) is 5.85. The lowest BCUT2D eigenvalue weighted by Crippen LogP contribution is -2.29. The van der Waals surface area contributed by atoms with E-state index in [0.29, 0.717) is 23.2 Å². The summed E-state index contributed by atoms with van der Waals surface area (Å²) in [5.74, 6) is 1.59. The molecule has 0 saturated heterocycles. The van der Waals surface area contributed by atoms with E-state index < -0.39 is 0 Å². The van der Waals surface area contributed by atoms with Gasteiger partial charge in [-0.15, -0.1) is 0 Å². The molecule has 0 fully saturated rings. The minimum atomic E-state index is -0.0341. The molecule has 124 valence electrons. The highest BCUT2D eigenvalue weighted by Gasteiger charge is 2.11. The summed E-state index contributed by atoms with van der Waals surface area (Å²) in [5.41, 5.74) is 1.46. The molecule has 5 heteroatoms. The first-order chi connectivity index (χ1) is 11.1. The lowest BCUT2D eigenvalue weighted by Gasteiger charge is -2.15. The van der Waals surface area contributed by atoms with E-state index in [2.05, 4.69) is 29.3 Å². The third-order valence-electron chi connectivity index (χ3n) is 4.02. The lowest BCUT2D eigenvalue weighted by molar-refractivity contribution is 0.0946. The summed E-state index contributed by atoms with van der Waals surface area (Å²) in [6.07, 6.45) is 4.67. The van der Waals surface area contributed by atoms with Gasteiger partial charge in [0.05, 0.1) is 0 Å². The van der Waals surface area contributed by atoms with Crippen LogP contribution in [0.5, 0.6) is 0 Å². The zero-order chi connectivity index (χ0) is 16.7. The molecular formula is C18H25N3O2. The Labute approximate surface area is 137 Å². The molecule has 0 aliphatic heterocycles. The maximum atomic E-state index is 12.2. The normalized spacial score (nSPS) is 12.1. The molecule has 0 aliphatic rings. The Balaban J connectivity index is 1.92. The number of hydrogen-bond acceptors (Lipinski definition) is 4. The van der Waals surface area contributed by atoms with Gasteiger partial charge in [0.2, 0.25) is 0 Å². The molecule has 0 aliphatic carbocycles. The van der Waals surface area contributed by atoms with Crippen molar-refractivity contribution in [3.05, 3.63) is 35.7 Å². The first-order valence-electron chi connectivity index (χ1n) is 8.33. The van der Waals surface area contributed by atoms with E-state index in [4.69, 9.17) is 4.52 Å². The number of carbonyl (C=O) groups is 1. The van der Waals surface area contributed by atoms with Crippen LogP contribution < -0.4 is 5.32 Å². The number of aryl methyl sites for hydroxylation is 1. The Morgan fingerprint density at radius 3 is 2.57 bits per heavy atom. The topological polar surface area (TPSA) is 68.0 Å². The molecule has 1 unspecified atom stereocenters. The van der Waals surface area contributed by atoms with Crippen LogP contribution in [0.1, 0.15) is 55.7 Å². The van der Waals surface area contributed by atoms with Crippen LogP contribution in [0.4, 0.5) is 0 Å². The van der Waals surface area contributed by atoms with Gasteiger partial charge >= 0.3 is 0 Å². The number of unbranched alkanes of at least 4 members (excludes halogenated alkanes) is 1. The summed E-state index contributed by atoms with van der Waals surface area (Å²) in [6, 6.07) is 7.24. The van der Waals surface area contributed by atoms with Gasteiger partial charge in [0.15, 0.2) is 5.82 Å². The van der Waals surface area contributed by atoms with Crippen LogP contribution in [0.25, 0.3) is 11.5 Å². The number of aromatic nitrogens is 2. The summed E-state index contributed by atoms with van der Waals surface area (Å²) in [5, 5.41) is 6.80. The van der Waals surface area contributed by atoms with E-state index in [1.165, 1.54) is 19.3 Å². The fourth-order valence-corrected chi connectivity index (χ4v) is 2.46. The molecule has 0 saturated carbocycles. The fraction of sp³-hybridized carbons (Fsp3) is 0.500. The van der Waals surface area contributed by atoms with Crippen LogP contribution in [0.3, 0.4) is 0 Å². The minimum Gasteiger partial charge on any atom is -0.352 e. The Hall–Kier alpha value is -2.17. The predicted molar refractivity (Wildman–Crippen MR) is 90.1 cm³/mol. The van der Waals surface area contributed by atoms with Crippen LogP contribution in [-0.4, -0.2) is 22.6 Å². The Bertz CT molecular complexity index is 619. The highest BCUT2D eigenvalue weighted by molar-refractivity contribution is 5.94. The standard InChI is InChI=1S/C18H25N3O2/c1-4-6-7-14(5-2)12-19-17(22)15-8-10-16(11-9-15)18-20-13(3)21-23-18/h8-11,14H,4-7,12H2,1-3H3,(H,19,22). The molecule has 0 bridgehead atoms. The van der Waals surface area contributed by atoms with Crippen molar-refractivity contribution in [2.75, 3.05) is 6.54 Å². The molecule has 1 amide bonds. The van der Waals surface area contributed by atoms with Gasteiger partial charge < -0.3 is 9.84 Å². The predicted octanol–water partition coefficient (Wildman–Crippen LogP) is 3.99. The van der Waals surface area contributed by atoms with Gasteiger partial charge in [0.25, 0.3) is 11.8 Å². The summed E-state index contributed by atoms with van der Waals surface area (Å²) in [7, 11) is 0. The molecule has 5 nitrogen and oxygen atoms in total. The average Bonchev–Trinajstić information content (AvgIpc) is 3.01. The minimum absolute atomic E-state index is 0.0341. The largest absolute Gasteiger partial charge is 0.352 e. The van der Waals surface area contributed by atoms with Gasteiger partial charge in [-0.1, -0.05) is 38.3 Å². The zero-order valence-electron chi connectivity index (χ0n) is 14.1. The molecule has 1 aromatic carbocycles. The van der Waals surface area contributed by atoms with Crippen LogP contribution in [0, 0.1) is 12.8 Å². The molecule has 1 aromatic heterocycles. The van der Waals surface area contributed by atoms with Crippen molar-refractivity contribution in [2.45, 2.75) is 46.5 Å². The zero-order valence-corrected chi connectivity index (χ0v) is 14.1. The van der Waals surface area contributed by atoms with Crippen LogP contribution in [-0.2, 0) is 0 Å². The van der Waals surface area contributed by atoms with Crippen LogP contribution in [0.15, 0.2) is 28.8 Å². The van der Waals surface area contributed by atoms with Gasteiger partial charge in [-0.05, 0) is 43.5 Å². The number of amides is 1. The Kier molecular flexibility index (Phi) is 6.32. The van der Waals surface area contributed by atoms with E-state index in [0.717, 1.165) is 18.5 Å². The van der Waals surface area contributed by atoms with E-state index >= 15 is 0 Å². The number of carbonyl (C=O) groups excluding carboxylic acids is 1. The SMILES string of the molecule is CCCCC(CC)CNC(=O)c1ccc(-c2nc(C)no2)cc1. The second kappa shape index (κ2) is 8.46. The maximum Gasteiger partial charge on any atom is 0.257 e. The van der Waals surface area contributed by atoms with Gasteiger partial charge in [-0.3, -0.25) is 4.79 Å². The van der Waals surface area contributed by atoms with Crippen molar-refractivity contribution in [3.8, 4) is 11.5 Å². The first-order valence-corrected chi connectivity index (χ1v) is 8.33.